The van der Waals surface area contributed by atoms with Crippen LogP contribution in [0.1, 0.15) is 22.4 Å². The van der Waals surface area contributed by atoms with Gasteiger partial charge in [0.1, 0.15) is 5.69 Å². The average molecular weight is 308 g/mol. The number of hydrogen-bond donors (Lipinski definition) is 1. The van der Waals surface area contributed by atoms with E-state index < -0.39 is 0 Å². The Morgan fingerprint density at radius 1 is 1.17 bits per heavy atom. The Hall–Kier alpha value is -1.13. The van der Waals surface area contributed by atoms with Crippen molar-refractivity contribution in [3.63, 3.8) is 0 Å². The third-order valence-electron chi connectivity index (χ3n) is 3.39. The van der Waals surface area contributed by atoms with Crippen molar-refractivity contribution in [3.8, 4) is 11.3 Å². The molecule has 1 heterocycles. The van der Waals surface area contributed by atoms with E-state index in [1.807, 2.05) is 11.7 Å². The number of nitrogens with two attached hydrogens (primary N) is 1. The lowest BCUT2D eigenvalue weighted by Crippen LogP contribution is -2.04. The first-order valence-electron chi connectivity index (χ1n) is 5.95. The zero-order chi connectivity index (χ0) is 13.4. The monoisotopic (exact) mass is 307 g/mol. The normalized spacial score (nSPS) is 11.0. The highest BCUT2D eigenvalue weighted by Crippen LogP contribution is 2.33. The predicted octanol–water partition coefficient (Wildman–Crippen LogP) is 3.23. The summed E-state index contributed by atoms with van der Waals surface area (Å²) in [4.78, 5) is 0. The Bertz CT molecular complexity index is 600. The molecule has 4 heteroatoms. The molecular weight excluding hydrogens is 290 g/mol. The first kappa shape index (κ1) is 13.3. The molecule has 0 bridgehead atoms. The molecule has 1 aromatic heterocycles. The Balaban J connectivity index is 2.66. The van der Waals surface area contributed by atoms with Gasteiger partial charge in [0.05, 0.1) is 10.2 Å². The average Bonchev–Trinajstić information content (AvgIpc) is 2.59. The van der Waals surface area contributed by atoms with Crippen LogP contribution in [0.2, 0.25) is 0 Å². The molecule has 2 rings (SSSR count). The van der Waals surface area contributed by atoms with Crippen LogP contribution < -0.4 is 5.73 Å². The van der Waals surface area contributed by atoms with Crippen LogP contribution >= 0.6 is 15.9 Å². The molecule has 0 unspecified atom stereocenters. The summed E-state index contributed by atoms with van der Waals surface area (Å²) in [6, 6.07) is 4.39. The lowest BCUT2D eigenvalue weighted by Gasteiger charge is -2.08. The molecule has 0 fully saturated rings. The summed E-state index contributed by atoms with van der Waals surface area (Å²) in [5.74, 6) is 0. The highest BCUT2D eigenvalue weighted by Gasteiger charge is 2.16. The maximum atomic E-state index is 5.74. The van der Waals surface area contributed by atoms with Crippen molar-refractivity contribution < 1.29 is 0 Å². The van der Waals surface area contributed by atoms with Gasteiger partial charge < -0.3 is 5.73 Å². The van der Waals surface area contributed by atoms with E-state index in [4.69, 9.17) is 5.73 Å². The van der Waals surface area contributed by atoms with Crippen molar-refractivity contribution in [2.45, 2.75) is 27.3 Å². The lowest BCUT2D eigenvalue weighted by molar-refractivity contribution is 0.712. The topological polar surface area (TPSA) is 43.8 Å². The van der Waals surface area contributed by atoms with E-state index in [-0.39, 0.29) is 0 Å². The molecule has 96 valence electrons. The van der Waals surface area contributed by atoms with E-state index in [0.717, 1.165) is 15.9 Å². The van der Waals surface area contributed by atoms with Gasteiger partial charge in [-0.2, -0.15) is 5.10 Å². The molecule has 0 atom stereocenters. The minimum absolute atomic E-state index is 0.480. The van der Waals surface area contributed by atoms with Crippen molar-refractivity contribution in [2.24, 2.45) is 12.8 Å². The predicted molar refractivity (Wildman–Crippen MR) is 78.4 cm³/mol. The van der Waals surface area contributed by atoms with Crippen LogP contribution in [0.3, 0.4) is 0 Å². The number of rotatable bonds is 2. The number of benzene rings is 1. The number of hydrogen-bond acceptors (Lipinski definition) is 2. The molecule has 2 N–H and O–H groups in total. The molecular formula is C14H18BrN3. The van der Waals surface area contributed by atoms with Crippen LogP contribution in [0, 0.1) is 20.8 Å². The summed E-state index contributed by atoms with van der Waals surface area (Å²) in [6.07, 6.45) is 0. The largest absolute Gasteiger partial charge is 0.325 e. The number of aryl methyl sites for hydroxylation is 4. The van der Waals surface area contributed by atoms with E-state index >= 15 is 0 Å². The van der Waals surface area contributed by atoms with Gasteiger partial charge in [0, 0.05) is 19.2 Å². The maximum Gasteiger partial charge on any atom is 0.107 e. The third kappa shape index (κ3) is 2.10. The first-order chi connectivity index (χ1) is 8.45. The van der Waals surface area contributed by atoms with Crippen LogP contribution in [0.4, 0.5) is 0 Å². The smallest absolute Gasteiger partial charge is 0.107 e. The zero-order valence-corrected chi connectivity index (χ0v) is 12.8. The molecule has 0 radical (unpaired) electrons. The lowest BCUT2D eigenvalue weighted by atomic mass is 9.99. The van der Waals surface area contributed by atoms with Crippen LogP contribution in [0.15, 0.2) is 16.6 Å². The molecule has 0 aliphatic rings. The highest BCUT2D eigenvalue weighted by molar-refractivity contribution is 9.10. The maximum absolute atomic E-state index is 5.74. The van der Waals surface area contributed by atoms with Gasteiger partial charge in [0.25, 0.3) is 0 Å². The fourth-order valence-corrected chi connectivity index (χ4v) is 2.85. The molecule has 0 aliphatic heterocycles. The van der Waals surface area contributed by atoms with E-state index in [2.05, 4.69) is 53.9 Å². The third-order valence-corrected chi connectivity index (χ3v) is 4.22. The van der Waals surface area contributed by atoms with Gasteiger partial charge >= 0.3 is 0 Å². The summed E-state index contributed by atoms with van der Waals surface area (Å²) in [6.45, 7) is 6.85. The second-order valence-corrected chi connectivity index (χ2v) is 5.48. The Labute approximate surface area is 116 Å². The van der Waals surface area contributed by atoms with Gasteiger partial charge in [-0.25, -0.2) is 0 Å². The van der Waals surface area contributed by atoms with Crippen molar-refractivity contribution in [2.75, 3.05) is 0 Å². The van der Waals surface area contributed by atoms with Crippen molar-refractivity contribution in [1.82, 2.24) is 9.78 Å². The van der Waals surface area contributed by atoms with Gasteiger partial charge in [0.15, 0.2) is 0 Å². The second-order valence-electron chi connectivity index (χ2n) is 4.69. The van der Waals surface area contributed by atoms with Gasteiger partial charge in [-0.15, -0.1) is 0 Å². The molecule has 0 spiro atoms. The summed E-state index contributed by atoms with van der Waals surface area (Å²) in [5.41, 5.74) is 12.7. The molecule has 2 aromatic rings. The summed E-state index contributed by atoms with van der Waals surface area (Å²) >= 11 is 3.61. The molecule has 0 saturated carbocycles. The number of nitrogens with zero attached hydrogens (tertiary/aromatic N) is 2. The Morgan fingerprint density at radius 3 is 2.33 bits per heavy atom. The first-order valence-corrected chi connectivity index (χ1v) is 6.74. The van der Waals surface area contributed by atoms with Gasteiger partial charge in [-0.1, -0.05) is 6.07 Å². The van der Waals surface area contributed by atoms with E-state index in [1.165, 1.54) is 22.3 Å². The van der Waals surface area contributed by atoms with Crippen LogP contribution in [-0.4, -0.2) is 9.78 Å². The van der Waals surface area contributed by atoms with E-state index in [9.17, 15) is 0 Å². The molecule has 3 nitrogen and oxygen atoms in total. The quantitative estimate of drug-likeness (QED) is 0.925. The molecule has 0 amide bonds. The van der Waals surface area contributed by atoms with Crippen molar-refractivity contribution in [3.05, 3.63) is 39.0 Å². The van der Waals surface area contributed by atoms with Crippen LogP contribution in [0.25, 0.3) is 11.3 Å². The van der Waals surface area contributed by atoms with E-state index in [1.54, 1.807) is 0 Å². The number of aromatic nitrogens is 2. The SMILES string of the molecule is Cc1cc(C)c(-c2nn(C)c(CN)c2Br)cc1C. The van der Waals surface area contributed by atoms with Crippen LogP contribution in [-0.2, 0) is 13.6 Å². The number of halogens is 1. The van der Waals surface area contributed by atoms with E-state index in [0.29, 0.717) is 6.54 Å². The van der Waals surface area contributed by atoms with Gasteiger partial charge in [-0.3, -0.25) is 4.68 Å². The molecule has 0 aliphatic carbocycles. The summed E-state index contributed by atoms with van der Waals surface area (Å²) in [7, 11) is 1.92. The minimum Gasteiger partial charge on any atom is -0.325 e. The highest BCUT2D eigenvalue weighted by atomic mass is 79.9. The summed E-state index contributed by atoms with van der Waals surface area (Å²) < 4.78 is 2.84. The fraction of sp³-hybridized carbons (Fsp3) is 0.357. The molecule has 0 saturated heterocycles. The van der Waals surface area contributed by atoms with Gasteiger partial charge in [-0.05, 0) is 59.5 Å². The molecule has 1 aromatic carbocycles. The van der Waals surface area contributed by atoms with Crippen LogP contribution in [0.5, 0.6) is 0 Å². The van der Waals surface area contributed by atoms with Crippen molar-refractivity contribution in [1.29, 1.82) is 0 Å². The molecule has 18 heavy (non-hydrogen) atoms. The van der Waals surface area contributed by atoms with Gasteiger partial charge in [0.2, 0.25) is 0 Å². The summed E-state index contributed by atoms with van der Waals surface area (Å²) in [5, 5.41) is 4.57. The standard InChI is InChI=1S/C14H18BrN3/c1-8-5-10(3)11(6-9(8)2)14-13(15)12(7-16)18(4)17-14/h5-6H,7,16H2,1-4H3. The fourth-order valence-electron chi connectivity index (χ4n) is 2.14. The minimum atomic E-state index is 0.480. The van der Waals surface area contributed by atoms with Crippen molar-refractivity contribution >= 4 is 15.9 Å². The Kier molecular flexibility index (Phi) is 3.59. The Morgan fingerprint density at radius 2 is 1.78 bits per heavy atom. The second kappa shape index (κ2) is 4.86. The zero-order valence-electron chi connectivity index (χ0n) is 11.2.